The van der Waals surface area contributed by atoms with E-state index >= 15 is 0 Å². The highest BCUT2D eigenvalue weighted by Gasteiger charge is 2.14. The Labute approximate surface area is 285 Å². The monoisotopic (exact) mass is 712 g/mol. The highest BCUT2D eigenvalue weighted by Crippen LogP contribution is 2.36. The number of nitrogens with zero attached hydrogens (tertiary/aromatic N) is 5. The normalized spacial score (nSPS) is 11.6. The number of carbonyl (C=O) groups is 1. The van der Waals surface area contributed by atoms with Crippen molar-refractivity contribution in [1.82, 2.24) is 15.0 Å². The molecule has 1 aromatic heterocycles. The molecule has 0 aliphatic carbocycles. The summed E-state index contributed by atoms with van der Waals surface area (Å²) in [6.45, 7) is 0.899. The second-order valence-corrected chi connectivity index (χ2v) is 13.6. The number of carbonyl (C=O) groups excluding carboxylic acids is 1. The van der Waals surface area contributed by atoms with Gasteiger partial charge in [0.25, 0.3) is 0 Å². The van der Waals surface area contributed by atoms with Gasteiger partial charge in [0.2, 0.25) is 23.1 Å². The Balaban J connectivity index is 1.38. The summed E-state index contributed by atoms with van der Waals surface area (Å²) in [5, 5.41) is 28.1. The van der Waals surface area contributed by atoms with Crippen molar-refractivity contribution >= 4 is 116 Å². The van der Waals surface area contributed by atoms with Gasteiger partial charge in [0.05, 0.1) is 28.6 Å². The summed E-state index contributed by atoms with van der Waals surface area (Å²) in [4.78, 5) is 26.7. The van der Waals surface area contributed by atoms with Crippen molar-refractivity contribution < 1.29 is 18.3 Å². The topological polar surface area (TPSA) is 171 Å². The third kappa shape index (κ3) is 8.26. The standard InChI is InChI=1S/C29H25ClN8O4S4/c1-15(40)31-23-12-18(4-7-22(23)37-38-24-14-21-16(11-26(24)45)10-19(43)13-25(21)44)33-29-35-27(30)34-28(36-29)32-17-2-5-20(6-3-17)46(41,42)9-8-39/h2-7,10-14,39,43-45H,8-9H2,1H3,(H,31,40)(H2,32,33,34,35,36). The lowest BCUT2D eigenvalue weighted by atomic mass is 10.1. The molecule has 4 aromatic carbocycles. The fraction of sp³-hybridized carbons (Fsp3) is 0.103. The van der Waals surface area contributed by atoms with Crippen molar-refractivity contribution in [2.45, 2.75) is 26.5 Å². The molecule has 236 valence electrons. The average Bonchev–Trinajstić information content (AvgIpc) is 2.96. The highest BCUT2D eigenvalue weighted by atomic mass is 35.5. The lowest BCUT2D eigenvalue weighted by Gasteiger charge is -2.12. The molecule has 0 spiro atoms. The van der Waals surface area contributed by atoms with Gasteiger partial charge >= 0.3 is 0 Å². The molecule has 0 fully saturated rings. The van der Waals surface area contributed by atoms with Crippen LogP contribution < -0.4 is 16.0 Å². The van der Waals surface area contributed by atoms with E-state index in [1.807, 2.05) is 24.3 Å². The Hall–Kier alpha value is -3.93. The zero-order valence-corrected chi connectivity index (χ0v) is 28.1. The minimum Gasteiger partial charge on any atom is -0.395 e. The first kappa shape index (κ1) is 33.4. The Bertz CT molecular complexity index is 2100. The van der Waals surface area contributed by atoms with Gasteiger partial charge < -0.3 is 21.1 Å². The molecule has 0 unspecified atom stereocenters. The van der Waals surface area contributed by atoms with Gasteiger partial charge in [-0.15, -0.1) is 48.1 Å². The zero-order valence-electron chi connectivity index (χ0n) is 23.8. The number of aliphatic hydroxyl groups is 1. The van der Waals surface area contributed by atoms with E-state index in [2.05, 4.69) is 79.0 Å². The van der Waals surface area contributed by atoms with Gasteiger partial charge in [-0.25, -0.2) is 8.42 Å². The molecule has 0 saturated carbocycles. The summed E-state index contributed by atoms with van der Waals surface area (Å²) in [5.41, 5.74) is 2.25. The van der Waals surface area contributed by atoms with E-state index in [4.69, 9.17) is 16.7 Å². The van der Waals surface area contributed by atoms with Crippen molar-refractivity contribution in [2.75, 3.05) is 28.3 Å². The van der Waals surface area contributed by atoms with Gasteiger partial charge in [-0.3, -0.25) is 4.79 Å². The number of sulfone groups is 1. The summed E-state index contributed by atoms with van der Waals surface area (Å²) in [6.07, 6.45) is 0. The molecular weight excluding hydrogens is 688 g/mol. The Morgan fingerprint density at radius 1 is 0.848 bits per heavy atom. The molecule has 5 rings (SSSR count). The van der Waals surface area contributed by atoms with E-state index in [-0.39, 0.29) is 33.7 Å². The molecule has 5 aromatic rings. The summed E-state index contributed by atoms with van der Waals surface area (Å²) >= 11 is 19.7. The molecule has 0 atom stereocenters. The number of amides is 1. The number of hydrogen-bond donors (Lipinski definition) is 7. The van der Waals surface area contributed by atoms with Crippen LogP contribution in [0.5, 0.6) is 0 Å². The van der Waals surface area contributed by atoms with Crippen LogP contribution in [0.4, 0.5) is 40.3 Å². The van der Waals surface area contributed by atoms with Gasteiger partial charge in [-0.2, -0.15) is 15.0 Å². The molecular formula is C29H25ClN8O4S4. The molecule has 0 aliphatic heterocycles. The van der Waals surface area contributed by atoms with E-state index in [1.165, 1.54) is 31.2 Å². The van der Waals surface area contributed by atoms with E-state index in [1.54, 1.807) is 18.2 Å². The van der Waals surface area contributed by atoms with Gasteiger partial charge in [-0.1, -0.05) is 0 Å². The third-order valence-corrected chi connectivity index (χ3v) is 9.14. The Kier molecular flexibility index (Phi) is 10.3. The van der Waals surface area contributed by atoms with Crippen LogP contribution in [-0.2, 0) is 14.6 Å². The summed E-state index contributed by atoms with van der Waals surface area (Å²) in [6, 6.07) is 18.3. The van der Waals surface area contributed by atoms with Crippen LogP contribution in [-0.4, -0.2) is 46.7 Å². The molecule has 0 bridgehead atoms. The maximum absolute atomic E-state index is 12.2. The van der Waals surface area contributed by atoms with Crippen LogP contribution in [0.15, 0.2) is 96.5 Å². The van der Waals surface area contributed by atoms with E-state index < -0.39 is 16.4 Å². The first-order chi connectivity index (χ1) is 21.9. The molecule has 1 heterocycles. The first-order valence-corrected chi connectivity index (χ1v) is 16.7. The van der Waals surface area contributed by atoms with Crippen LogP contribution in [0.3, 0.4) is 0 Å². The van der Waals surface area contributed by atoms with Gasteiger partial charge in [-0.05, 0) is 89.1 Å². The van der Waals surface area contributed by atoms with E-state index in [9.17, 15) is 13.2 Å². The van der Waals surface area contributed by atoms with Crippen molar-refractivity contribution in [1.29, 1.82) is 0 Å². The molecule has 0 aliphatic rings. The maximum Gasteiger partial charge on any atom is 0.233 e. The second kappa shape index (κ2) is 14.2. The quantitative estimate of drug-likeness (QED) is 0.0586. The van der Waals surface area contributed by atoms with Gasteiger partial charge in [0.15, 0.2) is 9.84 Å². The zero-order chi connectivity index (χ0) is 33.0. The van der Waals surface area contributed by atoms with Crippen LogP contribution in [0.25, 0.3) is 10.8 Å². The number of aromatic nitrogens is 3. The van der Waals surface area contributed by atoms with Crippen LogP contribution >= 0.6 is 49.5 Å². The molecule has 0 radical (unpaired) electrons. The summed E-state index contributed by atoms with van der Waals surface area (Å²) < 4.78 is 24.3. The number of anilines is 5. The Morgan fingerprint density at radius 3 is 2.17 bits per heavy atom. The fourth-order valence-corrected chi connectivity index (χ4v) is 6.37. The van der Waals surface area contributed by atoms with Crippen molar-refractivity contribution in [3.63, 3.8) is 0 Å². The van der Waals surface area contributed by atoms with Crippen LogP contribution in [0.2, 0.25) is 5.28 Å². The number of benzene rings is 4. The minimum absolute atomic E-state index is 0.0727. The summed E-state index contributed by atoms with van der Waals surface area (Å²) in [5.74, 6) is -0.507. The number of hydrogen-bond acceptors (Lipinski definition) is 14. The van der Waals surface area contributed by atoms with E-state index in [0.29, 0.717) is 33.3 Å². The van der Waals surface area contributed by atoms with Crippen LogP contribution in [0, 0.1) is 0 Å². The third-order valence-electron chi connectivity index (χ3n) is 6.28. The van der Waals surface area contributed by atoms with E-state index in [0.717, 1.165) is 20.6 Å². The minimum atomic E-state index is -3.59. The number of fused-ring (bicyclic) bond motifs is 1. The summed E-state index contributed by atoms with van der Waals surface area (Å²) in [7, 11) is -3.59. The lowest BCUT2D eigenvalue weighted by molar-refractivity contribution is -0.114. The predicted octanol–water partition coefficient (Wildman–Crippen LogP) is 7.17. The molecule has 0 saturated heterocycles. The number of thiol groups is 3. The average molecular weight is 713 g/mol. The molecule has 4 N–H and O–H groups in total. The van der Waals surface area contributed by atoms with Crippen molar-refractivity contribution in [3.8, 4) is 0 Å². The maximum atomic E-state index is 12.2. The van der Waals surface area contributed by atoms with Crippen molar-refractivity contribution in [3.05, 3.63) is 72.0 Å². The van der Waals surface area contributed by atoms with Gasteiger partial charge in [0, 0.05) is 33.0 Å². The fourth-order valence-electron chi connectivity index (χ4n) is 4.24. The SMILES string of the molecule is CC(=O)Nc1cc(Nc2nc(Cl)nc(Nc3ccc(S(=O)(=O)CCO)cc3)n2)ccc1N=Nc1cc2c(S)cc(S)cc2cc1S. The number of aliphatic hydroxyl groups excluding tert-OH is 1. The highest BCUT2D eigenvalue weighted by molar-refractivity contribution is 7.91. The van der Waals surface area contributed by atoms with Crippen molar-refractivity contribution in [2.24, 2.45) is 10.2 Å². The largest absolute Gasteiger partial charge is 0.395 e. The van der Waals surface area contributed by atoms with Gasteiger partial charge in [0.1, 0.15) is 5.69 Å². The number of azo groups is 1. The molecule has 12 nitrogen and oxygen atoms in total. The number of halogens is 1. The number of nitrogens with one attached hydrogen (secondary N) is 3. The van der Waals surface area contributed by atoms with Crippen LogP contribution in [0.1, 0.15) is 6.92 Å². The lowest BCUT2D eigenvalue weighted by Crippen LogP contribution is -2.10. The molecule has 17 heteroatoms. The molecule has 1 amide bonds. The Morgan fingerprint density at radius 2 is 1.50 bits per heavy atom. The number of rotatable bonds is 10. The smallest absolute Gasteiger partial charge is 0.233 e. The predicted molar refractivity (Wildman–Crippen MR) is 188 cm³/mol. The second-order valence-electron chi connectivity index (χ2n) is 9.71. The first-order valence-electron chi connectivity index (χ1n) is 13.3. The molecule has 46 heavy (non-hydrogen) atoms.